The Morgan fingerprint density at radius 2 is 1.92 bits per heavy atom. The normalized spacial score (nSPS) is 12.1. The van der Waals surface area contributed by atoms with Gasteiger partial charge >= 0.3 is 6.09 Å². The first-order valence-corrected chi connectivity index (χ1v) is 12.5. The summed E-state index contributed by atoms with van der Waals surface area (Å²) in [5, 5.41) is 15.0. The number of aromatic nitrogens is 2. The van der Waals surface area contributed by atoms with Crippen molar-refractivity contribution in [1.82, 2.24) is 19.8 Å². The maximum Gasteiger partial charge on any atom is 0.405 e. The Balaban J connectivity index is 1.74. The molecule has 38 heavy (non-hydrogen) atoms. The van der Waals surface area contributed by atoms with Crippen LogP contribution in [0, 0.1) is 5.92 Å². The summed E-state index contributed by atoms with van der Waals surface area (Å²) in [7, 11) is 3.23. The minimum absolute atomic E-state index is 0.0459. The number of carbonyl (C=O) groups is 3. The zero-order valence-corrected chi connectivity index (χ0v) is 22.2. The minimum atomic E-state index is -1.36. The van der Waals surface area contributed by atoms with Gasteiger partial charge in [0.2, 0.25) is 11.8 Å². The summed E-state index contributed by atoms with van der Waals surface area (Å²) in [5.41, 5.74) is 2.76. The first-order chi connectivity index (χ1) is 18.0. The predicted molar refractivity (Wildman–Crippen MR) is 147 cm³/mol. The predicted octanol–water partition coefficient (Wildman–Crippen LogP) is 3.58. The lowest BCUT2D eigenvalue weighted by molar-refractivity contribution is -0.123. The molecule has 2 aromatic heterocycles. The van der Waals surface area contributed by atoms with Gasteiger partial charge in [0, 0.05) is 31.5 Å². The maximum atomic E-state index is 13.1. The minimum Gasteiger partial charge on any atom is -0.465 e. The van der Waals surface area contributed by atoms with Crippen molar-refractivity contribution in [2.75, 3.05) is 19.4 Å². The van der Waals surface area contributed by atoms with Crippen molar-refractivity contribution in [3.8, 4) is 0 Å². The molecule has 202 valence electrons. The number of likely N-dealkylation sites (N-methyl/N-ethyl adjacent to an activating group) is 1. The summed E-state index contributed by atoms with van der Waals surface area (Å²) < 4.78 is 1.48. The SMILES string of the molecule is CC(C)Cc1cccc2cc(Cn3cccc(NC(=O)[C@H](CC/C=C/C(=O)N(C)C)NC(=O)O)c3=O)[nH]c12. The van der Waals surface area contributed by atoms with Crippen LogP contribution in [0.4, 0.5) is 10.5 Å². The monoisotopic (exact) mass is 521 g/mol. The highest BCUT2D eigenvalue weighted by molar-refractivity contribution is 5.96. The van der Waals surface area contributed by atoms with Crippen LogP contribution in [0.1, 0.15) is 37.9 Å². The number of fused-ring (bicyclic) bond motifs is 1. The van der Waals surface area contributed by atoms with Crippen molar-refractivity contribution in [3.63, 3.8) is 0 Å². The number of H-pyrrole nitrogens is 1. The van der Waals surface area contributed by atoms with Gasteiger partial charge in [0.05, 0.1) is 6.54 Å². The molecule has 1 atom stereocenters. The molecule has 3 rings (SSSR count). The molecule has 0 spiro atoms. The van der Waals surface area contributed by atoms with E-state index in [1.165, 1.54) is 27.2 Å². The molecular formula is C28H35N5O5. The molecule has 0 saturated heterocycles. The summed E-state index contributed by atoms with van der Waals surface area (Å²) in [5.74, 6) is -0.363. The van der Waals surface area contributed by atoms with Crippen LogP contribution in [-0.2, 0) is 22.6 Å². The number of anilines is 1. The molecule has 0 fully saturated rings. The highest BCUT2D eigenvalue weighted by atomic mass is 16.4. The van der Waals surface area contributed by atoms with Crippen molar-refractivity contribution in [2.45, 2.75) is 45.7 Å². The van der Waals surface area contributed by atoms with Gasteiger partial charge < -0.3 is 30.2 Å². The summed E-state index contributed by atoms with van der Waals surface area (Å²) >= 11 is 0. The van der Waals surface area contributed by atoms with Crippen LogP contribution in [0.5, 0.6) is 0 Å². The van der Waals surface area contributed by atoms with Crippen LogP contribution in [0.15, 0.2) is 59.5 Å². The third kappa shape index (κ3) is 7.58. The number of nitrogens with one attached hydrogen (secondary N) is 3. The van der Waals surface area contributed by atoms with Gasteiger partial charge in [-0.2, -0.15) is 0 Å². The number of hydrogen-bond acceptors (Lipinski definition) is 4. The average molecular weight is 522 g/mol. The number of allylic oxidation sites excluding steroid dienone is 1. The Morgan fingerprint density at radius 3 is 2.61 bits per heavy atom. The first-order valence-electron chi connectivity index (χ1n) is 12.5. The molecular weight excluding hydrogens is 486 g/mol. The van der Waals surface area contributed by atoms with Crippen molar-refractivity contribution in [2.24, 2.45) is 5.92 Å². The number of carboxylic acid groups (broad SMARTS) is 1. The Morgan fingerprint density at radius 1 is 1.16 bits per heavy atom. The van der Waals surface area contributed by atoms with E-state index in [0.29, 0.717) is 5.92 Å². The molecule has 0 bridgehead atoms. The Bertz CT molecular complexity index is 1390. The molecule has 0 saturated carbocycles. The number of pyridine rings is 1. The number of para-hydroxylation sites is 1. The molecule has 10 nitrogen and oxygen atoms in total. The van der Waals surface area contributed by atoms with Gasteiger partial charge in [-0.25, -0.2) is 4.79 Å². The lowest BCUT2D eigenvalue weighted by Gasteiger charge is -2.16. The lowest BCUT2D eigenvalue weighted by Crippen LogP contribution is -2.44. The highest BCUT2D eigenvalue weighted by Crippen LogP contribution is 2.22. The number of nitrogens with zero attached hydrogens (tertiary/aromatic N) is 2. The largest absolute Gasteiger partial charge is 0.465 e. The van der Waals surface area contributed by atoms with Crippen LogP contribution >= 0.6 is 0 Å². The van der Waals surface area contributed by atoms with Crippen LogP contribution in [0.25, 0.3) is 10.9 Å². The van der Waals surface area contributed by atoms with Crippen LogP contribution < -0.4 is 16.2 Å². The number of benzene rings is 1. The Hall–Kier alpha value is -4.34. The number of carbonyl (C=O) groups excluding carboxylic acids is 2. The number of amides is 3. The summed E-state index contributed by atoms with van der Waals surface area (Å²) in [4.78, 5) is 53.7. The Labute approximate surface area is 221 Å². The van der Waals surface area contributed by atoms with Crippen molar-refractivity contribution in [3.05, 3.63) is 76.4 Å². The van der Waals surface area contributed by atoms with Crippen LogP contribution in [-0.4, -0.2) is 57.6 Å². The second kappa shape index (κ2) is 12.8. The van der Waals surface area contributed by atoms with Crippen LogP contribution in [0.3, 0.4) is 0 Å². The second-order valence-electron chi connectivity index (χ2n) is 9.83. The molecule has 10 heteroatoms. The summed E-state index contributed by atoms with van der Waals surface area (Å²) in [6, 6.07) is 10.2. The molecule has 0 aliphatic heterocycles. The number of rotatable bonds is 11. The molecule has 3 amide bonds. The quantitative estimate of drug-likeness (QED) is 0.286. The molecule has 3 aromatic rings. The van der Waals surface area contributed by atoms with E-state index < -0.39 is 23.6 Å². The zero-order valence-electron chi connectivity index (χ0n) is 22.2. The van der Waals surface area contributed by atoms with E-state index in [0.717, 1.165) is 23.0 Å². The van der Waals surface area contributed by atoms with E-state index in [1.54, 1.807) is 32.4 Å². The summed E-state index contributed by atoms with van der Waals surface area (Å²) in [6.45, 7) is 4.61. The van der Waals surface area contributed by atoms with Gasteiger partial charge in [-0.1, -0.05) is 38.1 Å². The fraction of sp³-hybridized carbons (Fsp3) is 0.357. The van der Waals surface area contributed by atoms with Gasteiger partial charge in [0.1, 0.15) is 11.7 Å². The van der Waals surface area contributed by atoms with Gasteiger partial charge in [0.15, 0.2) is 0 Å². The summed E-state index contributed by atoms with van der Waals surface area (Å²) in [6.07, 6.45) is 4.56. The molecule has 0 radical (unpaired) electrons. The molecule has 0 aliphatic rings. The van der Waals surface area contributed by atoms with Crippen molar-refractivity contribution >= 4 is 34.5 Å². The van der Waals surface area contributed by atoms with Gasteiger partial charge in [-0.3, -0.25) is 14.4 Å². The third-order valence-corrected chi connectivity index (χ3v) is 5.98. The third-order valence-electron chi connectivity index (χ3n) is 5.98. The van der Waals surface area contributed by atoms with E-state index in [1.807, 2.05) is 18.2 Å². The van der Waals surface area contributed by atoms with Gasteiger partial charge in [0.25, 0.3) is 5.56 Å². The molecule has 0 aliphatic carbocycles. The first kappa shape index (κ1) is 28.2. The molecule has 4 N–H and O–H groups in total. The molecule has 1 aromatic carbocycles. The van der Waals surface area contributed by atoms with E-state index in [4.69, 9.17) is 5.11 Å². The van der Waals surface area contributed by atoms with Crippen molar-refractivity contribution in [1.29, 1.82) is 0 Å². The van der Waals surface area contributed by atoms with E-state index in [-0.39, 0.29) is 31.0 Å². The standard InChI is InChI=1S/C28H35N5O5/c1-18(2)15-19-9-7-10-20-16-21(29-25(19)20)17-33-14-8-12-23(27(33)36)30-26(35)22(31-28(37)38)11-5-6-13-24(34)32(3)4/h6-10,12-14,16,18,22,29,31H,5,11,15,17H2,1-4H3,(H,30,35)(H,37,38)/b13-6+/t22-/m0/s1. The number of aromatic amines is 1. The topological polar surface area (TPSA) is 137 Å². The maximum absolute atomic E-state index is 13.1. The fourth-order valence-corrected chi connectivity index (χ4v) is 4.15. The molecule has 0 unspecified atom stereocenters. The van der Waals surface area contributed by atoms with Crippen molar-refractivity contribution < 1.29 is 19.5 Å². The molecule has 2 heterocycles. The van der Waals surface area contributed by atoms with E-state index >= 15 is 0 Å². The fourth-order valence-electron chi connectivity index (χ4n) is 4.15. The van der Waals surface area contributed by atoms with E-state index in [9.17, 15) is 19.2 Å². The van der Waals surface area contributed by atoms with Gasteiger partial charge in [-0.15, -0.1) is 0 Å². The highest BCUT2D eigenvalue weighted by Gasteiger charge is 2.21. The lowest BCUT2D eigenvalue weighted by atomic mass is 10.0. The average Bonchev–Trinajstić information content (AvgIpc) is 3.26. The smallest absolute Gasteiger partial charge is 0.405 e. The van der Waals surface area contributed by atoms with Gasteiger partial charge in [-0.05, 0) is 60.4 Å². The van der Waals surface area contributed by atoms with Crippen LogP contribution in [0.2, 0.25) is 0 Å². The second-order valence-corrected chi connectivity index (χ2v) is 9.83. The Kier molecular flexibility index (Phi) is 9.48. The zero-order chi connectivity index (χ0) is 27.8. The number of hydrogen-bond donors (Lipinski definition) is 4. The van der Waals surface area contributed by atoms with E-state index in [2.05, 4.69) is 35.5 Å².